The molecule has 4 nitrogen and oxygen atoms in total. The van der Waals surface area contributed by atoms with Crippen molar-refractivity contribution in [3.8, 4) is 5.69 Å². The first-order valence-corrected chi connectivity index (χ1v) is 10.1. The number of carbonyl (C=O) groups is 1. The molecule has 0 aliphatic heterocycles. The van der Waals surface area contributed by atoms with Gasteiger partial charge in [-0.1, -0.05) is 53.2 Å². The van der Waals surface area contributed by atoms with Crippen molar-refractivity contribution in [1.29, 1.82) is 0 Å². The Kier molecular flexibility index (Phi) is 6.24. The van der Waals surface area contributed by atoms with Gasteiger partial charge in [0.15, 0.2) is 5.16 Å². The predicted molar refractivity (Wildman–Crippen MR) is 112 cm³/mol. The molecule has 3 rings (SSSR count). The summed E-state index contributed by atoms with van der Waals surface area (Å²) in [6.45, 7) is 6.10. The fourth-order valence-corrected chi connectivity index (χ4v) is 3.90. The SMILES string of the molecule is Cc1ccc(-n2ccnc2SCC(=O)N[C@@H](C)c2cccc(Cl)c2)c(C)c1. The van der Waals surface area contributed by atoms with E-state index in [2.05, 4.69) is 42.3 Å². The minimum absolute atomic E-state index is 0.0392. The van der Waals surface area contributed by atoms with E-state index in [0.717, 1.165) is 16.4 Å². The molecule has 6 heteroatoms. The van der Waals surface area contributed by atoms with Crippen molar-refractivity contribution in [3.63, 3.8) is 0 Å². The monoisotopic (exact) mass is 399 g/mol. The summed E-state index contributed by atoms with van der Waals surface area (Å²) in [6.07, 6.45) is 3.68. The maximum Gasteiger partial charge on any atom is 0.230 e. The third-order valence-electron chi connectivity index (χ3n) is 4.28. The number of aromatic nitrogens is 2. The zero-order valence-corrected chi connectivity index (χ0v) is 17.1. The van der Waals surface area contributed by atoms with Gasteiger partial charge in [0.25, 0.3) is 0 Å². The molecule has 140 valence electrons. The van der Waals surface area contributed by atoms with Crippen LogP contribution in [0.1, 0.15) is 29.7 Å². The number of benzene rings is 2. The van der Waals surface area contributed by atoms with Gasteiger partial charge in [-0.15, -0.1) is 0 Å². The van der Waals surface area contributed by atoms with E-state index in [1.165, 1.54) is 22.9 Å². The molecular formula is C21H22ClN3OS. The lowest BCUT2D eigenvalue weighted by Crippen LogP contribution is -2.28. The molecule has 1 heterocycles. The van der Waals surface area contributed by atoms with Gasteiger partial charge in [0.05, 0.1) is 17.5 Å². The van der Waals surface area contributed by atoms with Crippen LogP contribution in [0.25, 0.3) is 5.69 Å². The van der Waals surface area contributed by atoms with Crippen molar-refractivity contribution in [2.75, 3.05) is 5.75 Å². The Labute approximate surface area is 169 Å². The van der Waals surface area contributed by atoms with E-state index in [-0.39, 0.29) is 11.9 Å². The quantitative estimate of drug-likeness (QED) is 0.585. The number of rotatable bonds is 6. The van der Waals surface area contributed by atoms with Gasteiger partial charge in [-0.2, -0.15) is 0 Å². The number of nitrogens with zero attached hydrogens (tertiary/aromatic N) is 2. The summed E-state index contributed by atoms with van der Waals surface area (Å²) in [5, 5.41) is 4.47. The highest BCUT2D eigenvalue weighted by atomic mass is 35.5. The lowest BCUT2D eigenvalue weighted by molar-refractivity contribution is -0.119. The van der Waals surface area contributed by atoms with Crippen LogP contribution in [0.5, 0.6) is 0 Å². The highest BCUT2D eigenvalue weighted by Gasteiger charge is 2.13. The lowest BCUT2D eigenvalue weighted by Gasteiger charge is -2.15. The molecule has 0 unspecified atom stereocenters. The standard InChI is InChI=1S/C21H22ClN3OS/c1-14-7-8-19(15(2)11-14)25-10-9-23-21(25)27-13-20(26)24-16(3)17-5-4-6-18(22)12-17/h4-12,16H,13H2,1-3H3,(H,24,26)/t16-/m0/s1. The van der Waals surface area contributed by atoms with Crippen LogP contribution in [-0.4, -0.2) is 21.2 Å². The maximum absolute atomic E-state index is 12.4. The van der Waals surface area contributed by atoms with Gasteiger partial charge in [0.1, 0.15) is 0 Å². The van der Waals surface area contributed by atoms with Gasteiger partial charge in [-0.25, -0.2) is 4.98 Å². The van der Waals surface area contributed by atoms with Gasteiger partial charge in [0, 0.05) is 17.4 Å². The zero-order chi connectivity index (χ0) is 19.4. The first-order valence-electron chi connectivity index (χ1n) is 8.72. The Morgan fingerprint density at radius 3 is 2.81 bits per heavy atom. The second-order valence-corrected chi connectivity index (χ2v) is 7.88. The van der Waals surface area contributed by atoms with Gasteiger partial charge in [-0.3, -0.25) is 9.36 Å². The molecule has 0 saturated carbocycles. The first kappa shape index (κ1) is 19.5. The van der Waals surface area contributed by atoms with E-state index in [4.69, 9.17) is 11.6 Å². The molecule has 0 aliphatic rings. The van der Waals surface area contributed by atoms with Crippen molar-refractivity contribution in [1.82, 2.24) is 14.9 Å². The van der Waals surface area contributed by atoms with Gasteiger partial charge >= 0.3 is 0 Å². The molecule has 1 N–H and O–H groups in total. The van der Waals surface area contributed by atoms with Crippen LogP contribution >= 0.6 is 23.4 Å². The van der Waals surface area contributed by atoms with Gasteiger partial charge in [-0.05, 0) is 50.1 Å². The number of imidazole rings is 1. The summed E-state index contributed by atoms with van der Waals surface area (Å²) < 4.78 is 2.02. The molecule has 2 aromatic carbocycles. The number of amides is 1. The Bertz CT molecular complexity index is 954. The van der Waals surface area contributed by atoms with Crippen LogP contribution in [0.3, 0.4) is 0 Å². The molecule has 0 spiro atoms. The van der Waals surface area contributed by atoms with Crippen LogP contribution in [0.2, 0.25) is 5.02 Å². The minimum atomic E-state index is -0.101. The van der Waals surface area contributed by atoms with Crippen molar-refractivity contribution in [3.05, 3.63) is 76.6 Å². The molecule has 1 atom stereocenters. The largest absolute Gasteiger partial charge is 0.349 e. The molecule has 3 aromatic rings. The summed E-state index contributed by atoms with van der Waals surface area (Å²) in [5.41, 5.74) is 4.46. The number of nitrogens with one attached hydrogen (secondary N) is 1. The van der Waals surface area contributed by atoms with Gasteiger partial charge in [0.2, 0.25) is 5.91 Å². The average molecular weight is 400 g/mol. The molecule has 0 saturated heterocycles. The molecule has 27 heavy (non-hydrogen) atoms. The third kappa shape index (κ3) is 4.93. The molecule has 0 aliphatic carbocycles. The minimum Gasteiger partial charge on any atom is -0.349 e. The number of carbonyl (C=O) groups excluding carboxylic acids is 1. The van der Waals surface area contributed by atoms with Crippen molar-refractivity contribution in [2.24, 2.45) is 0 Å². The summed E-state index contributed by atoms with van der Waals surface area (Å²) >= 11 is 7.45. The summed E-state index contributed by atoms with van der Waals surface area (Å²) in [6, 6.07) is 13.7. The first-order chi connectivity index (χ1) is 12.9. The van der Waals surface area contributed by atoms with Crippen LogP contribution < -0.4 is 5.32 Å². The number of aryl methyl sites for hydroxylation is 2. The van der Waals surface area contributed by atoms with Gasteiger partial charge < -0.3 is 5.32 Å². The predicted octanol–water partition coefficient (Wildman–Crippen LogP) is 5.11. The second kappa shape index (κ2) is 8.63. The van der Waals surface area contributed by atoms with Crippen molar-refractivity contribution < 1.29 is 4.79 Å². The summed E-state index contributed by atoms with van der Waals surface area (Å²) in [7, 11) is 0. The molecule has 0 bridgehead atoms. The van der Waals surface area contributed by atoms with Crippen LogP contribution in [0.4, 0.5) is 0 Å². The van der Waals surface area contributed by atoms with E-state index in [0.29, 0.717) is 10.8 Å². The maximum atomic E-state index is 12.4. The zero-order valence-electron chi connectivity index (χ0n) is 15.6. The normalized spacial score (nSPS) is 12.0. The topological polar surface area (TPSA) is 46.9 Å². The molecule has 1 aromatic heterocycles. The highest BCUT2D eigenvalue weighted by Crippen LogP contribution is 2.24. The number of thioether (sulfide) groups is 1. The number of hydrogen-bond donors (Lipinski definition) is 1. The van der Waals surface area contributed by atoms with Crippen molar-refractivity contribution in [2.45, 2.75) is 32.0 Å². The number of hydrogen-bond acceptors (Lipinski definition) is 3. The fourth-order valence-electron chi connectivity index (χ4n) is 2.93. The Balaban J connectivity index is 1.64. The van der Waals surface area contributed by atoms with E-state index in [9.17, 15) is 4.79 Å². The second-order valence-electron chi connectivity index (χ2n) is 6.50. The highest BCUT2D eigenvalue weighted by molar-refractivity contribution is 7.99. The Hall–Kier alpha value is -2.24. The number of halogens is 1. The van der Waals surface area contributed by atoms with E-state index < -0.39 is 0 Å². The lowest BCUT2D eigenvalue weighted by atomic mass is 10.1. The average Bonchev–Trinajstić information content (AvgIpc) is 3.08. The fraction of sp³-hybridized carbons (Fsp3) is 0.238. The third-order valence-corrected chi connectivity index (χ3v) is 5.48. The van der Waals surface area contributed by atoms with Crippen LogP contribution in [0.15, 0.2) is 60.0 Å². The molecule has 0 radical (unpaired) electrons. The summed E-state index contributed by atoms with van der Waals surface area (Å²) in [5.74, 6) is 0.259. The Morgan fingerprint density at radius 1 is 1.26 bits per heavy atom. The van der Waals surface area contributed by atoms with Crippen LogP contribution in [0, 0.1) is 13.8 Å². The summed E-state index contributed by atoms with van der Waals surface area (Å²) in [4.78, 5) is 16.8. The van der Waals surface area contributed by atoms with E-state index in [1.54, 1.807) is 6.20 Å². The molecule has 0 fully saturated rings. The molecular weight excluding hydrogens is 378 g/mol. The van der Waals surface area contributed by atoms with E-state index in [1.807, 2.05) is 42.0 Å². The van der Waals surface area contributed by atoms with Crippen molar-refractivity contribution >= 4 is 29.3 Å². The van der Waals surface area contributed by atoms with E-state index >= 15 is 0 Å². The smallest absolute Gasteiger partial charge is 0.230 e. The molecule has 1 amide bonds. The van der Waals surface area contributed by atoms with Crippen LogP contribution in [-0.2, 0) is 4.79 Å². The Morgan fingerprint density at radius 2 is 2.07 bits per heavy atom.